The smallest absolute Gasteiger partial charge is 0.315 e. The molecule has 3 nitrogen and oxygen atoms in total. The van der Waals surface area contributed by atoms with E-state index in [0.717, 1.165) is 25.8 Å². The van der Waals surface area contributed by atoms with Gasteiger partial charge in [0.05, 0.1) is 0 Å². The molecule has 0 aromatic rings. The molecule has 2 atom stereocenters. The SMILES string of the molecule is CC(C)N1CCCC1CN1CCCNCC1C(F)(F)F. The molecule has 0 aromatic heterocycles. The zero-order valence-corrected chi connectivity index (χ0v) is 12.4. The molecule has 2 unspecified atom stereocenters. The summed E-state index contributed by atoms with van der Waals surface area (Å²) >= 11 is 0. The minimum atomic E-state index is -4.14. The van der Waals surface area contributed by atoms with Crippen molar-refractivity contribution < 1.29 is 13.2 Å². The predicted molar refractivity (Wildman–Crippen MR) is 73.8 cm³/mol. The monoisotopic (exact) mass is 293 g/mol. The molecular weight excluding hydrogens is 267 g/mol. The van der Waals surface area contributed by atoms with Crippen LogP contribution in [0.25, 0.3) is 0 Å². The van der Waals surface area contributed by atoms with Crippen molar-refractivity contribution in [3.05, 3.63) is 0 Å². The topological polar surface area (TPSA) is 18.5 Å². The first-order valence-corrected chi connectivity index (χ1v) is 7.67. The van der Waals surface area contributed by atoms with Crippen molar-refractivity contribution in [2.75, 3.05) is 32.7 Å². The third kappa shape index (κ3) is 3.86. The lowest BCUT2D eigenvalue weighted by Crippen LogP contribution is -2.53. The minimum Gasteiger partial charge on any atom is -0.315 e. The van der Waals surface area contributed by atoms with Crippen LogP contribution in [-0.4, -0.2) is 66.8 Å². The van der Waals surface area contributed by atoms with E-state index in [1.807, 2.05) is 0 Å². The van der Waals surface area contributed by atoms with Gasteiger partial charge >= 0.3 is 6.18 Å². The molecule has 0 amide bonds. The van der Waals surface area contributed by atoms with Gasteiger partial charge in [-0.2, -0.15) is 13.2 Å². The molecule has 1 N–H and O–H groups in total. The van der Waals surface area contributed by atoms with E-state index in [9.17, 15) is 13.2 Å². The Morgan fingerprint density at radius 3 is 2.60 bits per heavy atom. The highest BCUT2D eigenvalue weighted by atomic mass is 19.4. The van der Waals surface area contributed by atoms with E-state index in [0.29, 0.717) is 25.7 Å². The average molecular weight is 293 g/mol. The number of rotatable bonds is 3. The van der Waals surface area contributed by atoms with E-state index in [1.165, 1.54) is 0 Å². The number of nitrogens with zero attached hydrogens (tertiary/aromatic N) is 2. The second-order valence-electron chi connectivity index (χ2n) is 6.24. The predicted octanol–water partition coefficient (Wildman–Crippen LogP) is 2.09. The Kier molecular flexibility index (Phi) is 5.31. The molecule has 0 aliphatic carbocycles. The van der Waals surface area contributed by atoms with Gasteiger partial charge < -0.3 is 5.32 Å². The fourth-order valence-corrected chi connectivity index (χ4v) is 3.48. The first kappa shape index (κ1) is 16.0. The third-order valence-electron chi connectivity index (χ3n) is 4.49. The van der Waals surface area contributed by atoms with Crippen LogP contribution in [0.2, 0.25) is 0 Å². The van der Waals surface area contributed by atoms with Crippen molar-refractivity contribution in [1.82, 2.24) is 15.1 Å². The molecule has 20 heavy (non-hydrogen) atoms. The summed E-state index contributed by atoms with van der Waals surface area (Å²) in [5.74, 6) is 0. The Balaban J connectivity index is 2.04. The van der Waals surface area contributed by atoms with Gasteiger partial charge in [-0.05, 0) is 46.2 Å². The van der Waals surface area contributed by atoms with Crippen molar-refractivity contribution in [3.8, 4) is 0 Å². The van der Waals surface area contributed by atoms with Gasteiger partial charge in [-0.25, -0.2) is 0 Å². The summed E-state index contributed by atoms with van der Waals surface area (Å²) < 4.78 is 39.6. The number of hydrogen-bond donors (Lipinski definition) is 1. The standard InChI is InChI=1S/C14H26F3N3/c1-11(2)20-8-3-5-12(20)10-19-7-4-6-18-9-13(19)14(15,16)17/h11-13,18H,3-10H2,1-2H3. The molecule has 2 rings (SSSR count). The largest absolute Gasteiger partial charge is 0.405 e. The quantitative estimate of drug-likeness (QED) is 0.859. The molecule has 2 fully saturated rings. The lowest BCUT2D eigenvalue weighted by atomic mass is 10.1. The highest BCUT2D eigenvalue weighted by Crippen LogP contribution is 2.28. The molecule has 0 spiro atoms. The summed E-state index contributed by atoms with van der Waals surface area (Å²) in [4.78, 5) is 4.01. The molecule has 2 saturated heterocycles. The van der Waals surface area contributed by atoms with E-state index >= 15 is 0 Å². The van der Waals surface area contributed by atoms with Gasteiger partial charge in [-0.1, -0.05) is 0 Å². The van der Waals surface area contributed by atoms with Crippen LogP contribution in [0.1, 0.15) is 33.1 Å². The van der Waals surface area contributed by atoms with Gasteiger partial charge in [0.2, 0.25) is 0 Å². The van der Waals surface area contributed by atoms with E-state index in [4.69, 9.17) is 0 Å². The van der Waals surface area contributed by atoms with Crippen molar-refractivity contribution in [1.29, 1.82) is 0 Å². The Bertz CT molecular complexity index is 307. The van der Waals surface area contributed by atoms with Gasteiger partial charge in [0.25, 0.3) is 0 Å². The molecule has 0 radical (unpaired) electrons. The molecule has 2 heterocycles. The van der Waals surface area contributed by atoms with Crippen molar-refractivity contribution in [2.24, 2.45) is 0 Å². The molecule has 6 heteroatoms. The molecule has 2 aliphatic rings. The van der Waals surface area contributed by atoms with Gasteiger partial charge in [0, 0.05) is 31.7 Å². The number of nitrogens with one attached hydrogen (secondary N) is 1. The van der Waals surface area contributed by atoms with Crippen LogP contribution < -0.4 is 5.32 Å². The van der Waals surface area contributed by atoms with E-state index < -0.39 is 12.2 Å². The maximum Gasteiger partial charge on any atom is 0.405 e. The first-order valence-electron chi connectivity index (χ1n) is 7.67. The first-order chi connectivity index (χ1) is 9.39. The molecule has 118 valence electrons. The van der Waals surface area contributed by atoms with Gasteiger partial charge in [-0.15, -0.1) is 0 Å². The number of halogens is 3. The normalized spacial score (nSPS) is 30.9. The van der Waals surface area contributed by atoms with E-state index in [-0.39, 0.29) is 12.6 Å². The highest BCUT2D eigenvalue weighted by Gasteiger charge is 2.45. The van der Waals surface area contributed by atoms with Crippen LogP contribution in [0.5, 0.6) is 0 Å². The fraction of sp³-hybridized carbons (Fsp3) is 1.00. The Morgan fingerprint density at radius 1 is 1.20 bits per heavy atom. The summed E-state index contributed by atoms with van der Waals surface area (Å²) in [6.45, 7) is 7.07. The summed E-state index contributed by atoms with van der Waals surface area (Å²) in [5.41, 5.74) is 0. The van der Waals surface area contributed by atoms with Crippen molar-refractivity contribution in [2.45, 2.75) is 57.4 Å². The average Bonchev–Trinajstić information content (AvgIpc) is 2.66. The van der Waals surface area contributed by atoms with Crippen LogP contribution in [0.15, 0.2) is 0 Å². The maximum atomic E-state index is 13.2. The lowest BCUT2D eigenvalue weighted by molar-refractivity contribution is -0.182. The number of likely N-dealkylation sites (tertiary alicyclic amines) is 1. The minimum absolute atomic E-state index is 0.0257. The van der Waals surface area contributed by atoms with Crippen LogP contribution in [0, 0.1) is 0 Å². The molecule has 0 bridgehead atoms. The Labute approximate surface area is 119 Å². The number of alkyl halides is 3. The van der Waals surface area contributed by atoms with Gasteiger partial charge in [0.15, 0.2) is 0 Å². The van der Waals surface area contributed by atoms with Crippen LogP contribution in [0.3, 0.4) is 0 Å². The maximum absolute atomic E-state index is 13.2. The summed E-state index contributed by atoms with van der Waals surface area (Å²) in [6, 6.07) is -0.644. The lowest BCUT2D eigenvalue weighted by Gasteiger charge is -2.36. The molecule has 0 saturated carbocycles. The Morgan fingerprint density at radius 2 is 1.95 bits per heavy atom. The van der Waals surface area contributed by atoms with Crippen LogP contribution in [0.4, 0.5) is 13.2 Å². The van der Waals surface area contributed by atoms with E-state index in [2.05, 4.69) is 24.1 Å². The van der Waals surface area contributed by atoms with Crippen molar-refractivity contribution in [3.63, 3.8) is 0 Å². The van der Waals surface area contributed by atoms with Gasteiger partial charge in [-0.3, -0.25) is 9.80 Å². The van der Waals surface area contributed by atoms with Crippen LogP contribution >= 0.6 is 0 Å². The summed E-state index contributed by atoms with van der Waals surface area (Å²) in [5, 5.41) is 2.92. The Hall–Kier alpha value is -0.330. The summed E-state index contributed by atoms with van der Waals surface area (Å²) in [7, 11) is 0. The molecular formula is C14H26F3N3. The van der Waals surface area contributed by atoms with E-state index in [1.54, 1.807) is 4.90 Å². The third-order valence-corrected chi connectivity index (χ3v) is 4.49. The zero-order chi connectivity index (χ0) is 14.8. The summed E-state index contributed by atoms with van der Waals surface area (Å²) in [6.07, 6.45) is -1.22. The van der Waals surface area contributed by atoms with Crippen LogP contribution in [-0.2, 0) is 0 Å². The van der Waals surface area contributed by atoms with Crippen molar-refractivity contribution >= 4 is 0 Å². The highest BCUT2D eigenvalue weighted by molar-refractivity contribution is 4.90. The second kappa shape index (κ2) is 6.62. The number of hydrogen-bond acceptors (Lipinski definition) is 3. The second-order valence-corrected chi connectivity index (χ2v) is 6.24. The molecule has 0 aromatic carbocycles. The molecule has 2 aliphatic heterocycles. The zero-order valence-electron chi connectivity index (χ0n) is 12.4. The fourth-order valence-electron chi connectivity index (χ4n) is 3.48. The van der Waals surface area contributed by atoms with Gasteiger partial charge in [0.1, 0.15) is 6.04 Å².